The first-order valence-electron chi connectivity index (χ1n) is 7.68. The van der Waals surface area contributed by atoms with Crippen LogP contribution in [0.3, 0.4) is 0 Å². The van der Waals surface area contributed by atoms with Gasteiger partial charge in [0.2, 0.25) is 10.0 Å². The molecule has 0 bridgehead atoms. The normalized spacial score (nSPS) is 13.8. The molecule has 0 saturated carbocycles. The van der Waals surface area contributed by atoms with Crippen molar-refractivity contribution in [1.29, 1.82) is 0 Å². The van der Waals surface area contributed by atoms with Gasteiger partial charge < -0.3 is 9.88 Å². The highest BCUT2D eigenvalue weighted by molar-refractivity contribution is 7.89. The van der Waals surface area contributed by atoms with Gasteiger partial charge in [0.1, 0.15) is 4.90 Å². The van der Waals surface area contributed by atoms with Crippen molar-refractivity contribution in [3.05, 3.63) is 18.0 Å². The zero-order valence-electron chi connectivity index (χ0n) is 13.9. The van der Waals surface area contributed by atoms with E-state index in [1.54, 1.807) is 19.3 Å². The molecule has 0 fully saturated rings. The van der Waals surface area contributed by atoms with Gasteiger partial charge in [0.05, 0.1) is 0 Å². The molecule has 0 radical (unpaired) electrons. The van der Waals surface area contributed by atoms with E-state index in [9.17, 15) is 8.42 Å². The number of sulfonamides is 1. The van der Waals surface area contributed by atoms with Gasteiger partial charge in [0, 0.05) is 38.6 Å². The van der Waals surface area contributed by atoms with Crippen molar-refractivity contribution in [3.63, 3.8) is 0 Å². The molecule has 0 aromatic carbocycles. The Bertz CT molecular complexity index is 537. The molecule has 0 spiro atoms. The van der Waals surface area contributed by atoms with Crippen LogP contribution in [-0.2, 0) is 23.6 Å². The van der Waals surface area contributed by atoms with Crippen molar-refractivity contribution in [3.8, 4) is 0 Å². The number of nitrogens with zero attached hydrogens (tertiary/aromatic N) is 2. The van der Waals surface area contributed by atoms with E-state index in [1.165, 1.54) is 4.31 Å². The van der Waals surface area contributed by atoms with E-state index in [4.69, 9.17) is 0 Å². The topological polar surface area (TPSA) is 54.3 Å². The van der Waals surface area contributed by atoms with Gasteiger partial charge in [-0.15, -0.1) is 0 Å². The molecule has 1 heterocycles. The Kier molecular flexibility index (Phi) is 6.90. The number of hydrogen-bond acceptors (Lipinski definition) is 3. The first-order valence-corrected chi connectivity index (χ1v) is 9.12. The van der Waals surface area contributed by atoms with E-state index in [0.29, 0.717) is 11.4 Å². The van der Waals surface area contributed by atoms with Crippen LogP contribution in [0.15, 0.2) is 17.2 Å². The standard InChI is InChI=1S/C15H29N3O2S/c1-6-8-13(3)18(5)21(19,20)15-10-14(17(4)12-15)11-16-9-7-2/h10,12-13,16H,6-9,11H2,1-5H3. The van der Waals surface area contributed by atoms with Crippen molar-refractivity contribution in [2.24, 2.45) is 7.05 Å². The number of aryl methyl sites for hydroxylation is 1. The lowest BCUT2D eigenvalue weighted by Gasteiger charge is -2.23. The van der Waals surface area contributed by atoms with Gasteiger partial charge >= 0.3 is 0 Å². The summed E-state index contributed by atoms with van der Waals surface area (Å²) >= 11 is 0. The molecule has 0 aliphatic heterocycles. The number of hydrogen-bond donors (Lipinski definition) is 1. The smallest absolute Gasteiger partial charge is 0.244 e. The van der Waals surface area contributed by atoms with Crippen LogP contribution in [0.1, 0.15) is 45.7 Å². The van der Waals surface area contributed by atoms with Crippen molar-refractivity contribution in [1.82, 2.24) is 14.2 Å². The Morgan fingerprint density at radius 2 is 2.00 bits per heavy atom. The lowest BCUT2D eigenvalue weighted by Crippen LogP contribution is -2.34. The quantitative estimate of drug-likeness (QED) is 0.712. The van der Waals surface area contributed by atoms with Crippen LogP contribution in [0.25, 0.3) is 0 Å². The molecule has 1 unspecified atom stereocenters. The van der Waals surface area contributed by atoms with Gasteiger partial charge in [-0.05, 0) is 32.4 Å². The zero-order valence-corrected chi connectivity index (χ0v) is 14.7. The van der Waals surface area contributed by atoms with Crippen molar-refractivity contribution in [2.75, 3.05) is 13.6 Å². The summed E-state index contributed by atoms with van der Waals surface area (Å²) in [4.78, 5) is 0.378. The van der Waals surface area contributed by atoms with E-state index in [1.807, 2.05) is 18.5 Å². The van der Waals surface area contributed by atoms with E-state index in [0.717, 1.165) is 31.5 Å². The Morgan fingerprint density at radius 1 is 1.33 bits per heavy atom. The fourth-order valence-corrected chi connectivity index (χ4v) is 3.78. The maximum absolute atomic E-state index is 12.6. The molecule has 6 heteroatoms. The molecule has 21 heavy (non-hydrogen) atoms. The molecule has 0 saturated heterocycles. The SMILES string of the molecule is CCCNCc1cc(S(=O)(=O)N(C)C(C)CCC)cn1C. The van der Waals surface area contributed by atoms with Crippen LogP contribution >= 0.6 is 0 Å². The highest BCUT2D eigenvalue weighted by Gasteiger charge is 2.26. The summed E-state index contributed by atoms with van der Waals surface area (Å²) in [6.07, 6.45) is 4.61. The highest BCUT2D eigenvalue weighted by Crippen LogP contribution is 2.20. The molecule has 0 aliphatic rings. The van der Waals surface area contributed by atoms with Gasteiger partial charge in [0.25, 0.3) is 0 Å². The molecule has 5 nitrogen and oxygen atoms in total. The number of aromatic nitrogens is 1. The number of nitrogens with one attached hydrogen (secondary N) is 1. The Hall–Kier alpha value is -0.850. The number of rotatable bonds is 9. The third-order valence-electron chi connectivity index (χ3n) is 3.82. The van der Waals surface area contributed by atoms with Crippen LogP contribution in [0, 0.1) is 0 Å². The van der Waals surface area contributed by atoms with Crippen LogP contribution in [0.5, 0.6) is 0 Å². The molecule has 1 atom stereocenters. The second-order valence-electron chi connectivity index (χ2n) is 5.61. The maximum atomic E-state index is 12.6. The highest BCUT2D eigenvalue weighted by atomic mass is 32.2. The van der Waals surface area contributed by atoms with Crippen LogP contribution in [0.4, 0.5) is 0 Å². The Labute approximate surface area is 129 Å². The molecule has 1 N–H and O–H groups in total. The average molecular weight is 315 g/mol. The second kappa shape index (κ2) is 7.96. The van der Waals surface area contributed by atoms with Crippen LogP contribution < -0.4 is 5.32 Å². The minimum atomic E-state index is -3.41. The predicted octanol–water partition coefficient (Wildman–Crippen LogP) is 2.33. The molecule has 1 aromatic rings. The molecule has 1 rings (SSSR count). The van der Waals surface area contributed by atoms with Gasteiger partial charge in [-0.1, -0.05) is 20.3 Å². The summed E-state index contributed by atoms with van der Waals surface area (Å²) in [6, 6.07) is 1.79. The Morgan fingerprint density at radius 3 is 2.57 bits per heavy atom. The summed E-state index contributed by atoms with van der Waals surface area (Å²) in [5.41, 5.74) is 0.985. The van der Waals surface area contributed by atoms with Crippen molar-refractivity contribution < 1.29 is 8.42 Å². The lowest BCUT2D eigenvalue weighted by molar-refractivity contribution is 0.368. The summed E-state index contributed by atoms with van der Waals surface area (Å²) in [5, 5.41) is 3.30. The summed E-state index contributed by atoms with van der Waals surface area (Å²) in [6.45, 7) is 7.75. The van der Waals surface area contributed by atoms with Crippen LogP contribution in [-0.4, -0.2) is 36.9 Å². The monoisotopic (exact) mass is 315 g/mol. The summed E-state index contributed by atoms with van der Waals surface area (Å²) < 4.78 is 28.6. The van der Waals surface area contributed by atoms with E-state index in [-0.39, 0.29) is 6.04 Å². The summed E-state index contributed by atoms with van der Waals surface area (Å²) in [5.74, 6) is 0. The summed E-state index contributed by atoms with van der Waals surface area (Å²) in [7, 11) is 0.143. The lowest BCUT2D eigenvalue weighted by atomic mass is 10.2. The first kappa shape index (κ1) is 18.2. The fourth-order valence-electron chi connectivity index (χ4n) is 2.29. The molecular formula is C15H29N3O2S. The fraction of sp³-hybridized carbons (Fsp3) is 0.733. The van der Waals surface area contributed by atoms with Crippen molar-refractivity contribution in [2.45, 2.75) is 57.5 Å². The molecule has 0 amide bonds. The van der Waals surface area contributed by atoms with Gasteiger partial charge in [-0.25, -0.2) is 8.42 Å². The van der Waals surface area contributed by atoms with Gasteiger partial charge in [0.15, 0.2) is 0 Å². The van der Waals surface area contributed by atoms with E-state index >= 15 is 0 Å². The van der Waals surface area contributed by atoms with Gasteiger partial charge in [-0.2, -0.15) is 4.31 Å². The predicted molar refractivity (Wildman–Crippen MR) is 86.7 cm³/mol. The Balaban J connectivity index is 2.91. The third-order valence-corrected chi connectivity index (χ3v) is 5.76. The van der Waals surface area contributed by atoms with Gasteiger partial charge in [-0.3, -0.25) is 0 Å². The molecule has 0 aliphatic carbocycles. The first-order chi connectivity index (χ1) is 9.84. The molecule has 1 aromatic heterocycles. The minimum absolute atomic E-state index is 0.0156. The van der Waals surface area contributed by atoms with Crippen molar-refractivity contribution >= 4 is 10.0 Å². The second-order valence-corrected chi connectivity index (χ2v) is 7.61. The molecular weight excluding hydrogens is 286 g/mol. The zero-order chi connectivity index (χ0) is 16.0. The van der Waals surface area contributed by atoms with Crippen LogP contribution in [0.2, 0.25) is 0 Å². The van der Waals surface area contributed by atoms with E-state index in [2.05, 4.69) is 19.2 Å². The average Bonchev–Trinajstić information content (AvgIpc) is 2.81. The third kappa shape index (κ3) is 4.56. The molecule has 122 valence electrons. The van der Waals surface area contributed by atoms with E-state index < -0.39 is 10.0 Å². The largest absolute Gasteiger partial charge is 0.352 e. The maximum Gasteiger partial charge on any atom is 0.244 e. The minimum Gasteiger partial charge on any atom is -0.352 e.